The smallest absolute Gasteiger partial charge is 0.264 e. The Hall–Kier alpha value is -3.66. The molecule has 34 heavy (non-hydrogen) atoms. The van der Waals surface area contributed by atoms with Gasteiger partial charge in [-0.3, -0.25) is 19.2 Å². The second-order valence-electron chi connectivity index (χ2n) is 8.63. The summed E-state index contributed by atoms with van der Waals surface area (Å²) in [6, 6.07) is 7.95. The average molecular weight is 472 g/mol. The Labute approximate surface area is 195 Å². The summed E-state index contributed by atoms with van der Waals surface area (Å²) in [5, 5.41) is 2.48. The standard InChI is InChI=1S/C24H26F2N4O4/c1-13(2)20(28-19(31)11-14-9-15(25)12-16(26)10-14)21(32)24(27)22(33)29(3)17-7-5-6-8-18(17)30(4)23(24)34/h5-10,12-13,20H,11,27H2,1-4H3,(H,28,31)/t20-/m0/s1. The normalized spacial score (nSPS) is 16.2. The summed E-state index contributed by atoms with van der Waals surface area (Å²) in [5.74, 6) is -5.83. The fraction of sp³-hybridized carbons (Fsp3) is 0.333. The van der Waals surface area contributed by atoms with Crippen LogP contribution in [-0.4, -0.2) is 49.2 Å². The molecular formula is C24H26F2N4O4. The molecule has 1 aliphatic rings. The van der Waals surface area contributed by atoms with Crippen molar-refractivity contribution in [2.24, 2.45) is 11.7 Å². The maximum Gasteiger partial charge on any atom is 0.264 e. The predicted molar refractivity (Wildman–Crippen MR) is 122 cm³/mol. The minimum Gasteiger partial charge on any atom is -0.346 e. The predicted octanol–water partition coefficient (Wildman–Crippen LogP) is 1.55. The molecular weight excluding hydrogens is 446 g/mol. The number of likely N-dealkylation sites (N-methyl/N-ethyl adjacent to an activating group) is 2. The first kappa shape index (κ1) is 25.0. The minimum absolute atomic E-state index is 0.0592. The van der Waals surface area contributed by atoms with Crippen LogP contribution in [0, 0.1) is 17.6 Å². The number of halogens is 2. The molecule has 3 rings (SSSR count). The molecule has 0 aromatic heterocycles. The molecule has 10 heteroatoms. The number of fused-ring (bicyclic) bond motifs is 1. The Balaban J connectivity index is 1.93. The van der Waals surface area contributed by atoms with Crippen LogP contribution in [0.5, 0.6) is 0 Å². The highest BCUT2D eigenvalue weighted by molar-refractivity contribution is 6.37. The lowest BCUT2D eigenvalue weighted by molar-refractivity contribution is -0.144. The average Bonchev–Trinajstić information content (AvgIpc) is 2.82. The SMILES string of the molecule is CC(C)[C@H](NC(=O)Cc1cc(F)cc(F)c1)C(=O)C1(N)C(=O)N(C)c2ccccc2N(C)C1=O. The molecule has 0 saturated carbocycles. The number of hydrogen-bond donors (Lipinski definition) is 2. The monoisotopic (exact) mass is 472 g/mol. The van der Waals surface area contributed by atoms with E-state index in [9.17, 15) is 28.0 Å². The van der Waals surface area contributed by atoms with E-state index < -0.39 is 59.1 Å². The summed E-state index contributed by atoms with van der Waals surface area (Å²) in [7, 11) is 2.81. The number of nitrogens with one attached hydrogen (secondary N) is 1. The molecule has 1 heterocycles. The van der Waals surface area contributed by atoms with Gasteiger partial charge in [0.25, 0.3) is 11.8 Å². The summed E-state index contributed by atoms with van der Waals surface area (Å²) in [6.45, 7) is 3.23. The van der Waals surface area contributed by atoms with Crippen molar-refractivity contribution in [1.29, 1.82) is 0 Å². The second kappa shape index (κ2) is 9.30. The molecule has 0 fully saturated rings. The van der Waals surface area contributed by atoms with E-state index in [0.29, 0.717) is 17.4 Å². The Kier molecular flexibility index (Phi) is 6.83. The van der Waals surface area contributed by atoms with Crippen molar-refractivity contribution in [2.75, 3.05) is 23.9 Å². The van der Waals surface area contributed by atoms with Crippen LogP contribution in [0.3, 0.4) is 0 Å². The highest BCUT2D eigenvalue weighted by atomic mass is 19.1. The number of carbonyl (C=O) groups excluding carboxylic acids is 4. The van der Waals surface area contributed by atoms with Gasteiger partial charge in [-0.05, 0) is 35.7 Å². The summed E-state index contributed by atoms with van der Waals surface area (Å²) >= 11 is 0. The molecule has 1 atom stereocenters. The molecule has 0 unspecified atom stereocenters. The minimum atomic E-state index is -2.60. The number of Topliss-reactive ketones (excluding diaryl/α,β-unsaturated/α-hetero) is 1. The van der Waals surface area contributed by atoms with E-state index in [4.69, 9.17) is 5.73 Å². The van der Waals surface area contributed by atoms with E-state index in [0.717, 1.165) is 21.9 Å². The van der Waals surface area contributed by atoms with Gasteiger partial charge in [0.2, 0.25) is 11.4 Å². The third-order valence-corrected chi connectivity index (χ3v) is 5.83. The van der Waals surface area contributed by atoms with E-state index in [1.54, 1.807) is 38.1 Å². The summed E-state index contributed by atoms with van der Waals surface area (Å²) in [5.41, 5.74) is 4.51. The van der Waals surface area contributed by atoms with Crippen molar-refractivity contribution < 1.29 is 28.0 Å². The van der Waals surface area contributed by atoms with Gasteiger partial charge in [0, 0.05) is 20.2 Å². The number of anilines is 2. The van der Waals surface area contributed by atoms with E-state index in [-0.39, 0.29) is 5.56 Å². The molecule has 3 N–H and O–H groups in total. The van der Waals surface area contributed by atoms with Gasteiger partial charge in [-0.2, -0.15) is 0 Å². The maximum atomic E-state index is 13.6. The Morgan fingerprint density at radius 3 is 1.88 bits per heavy atom. The van der Waals surface area contributed by atoms with E-state index in [1.807, 2.05) is 0 Å². The summed E-state index contributed by atoms with van der Waals surface area (Å²) < 4.78 is 26.9. The van der Waals surface area contributed by atoms with Gasteiger partial charge in [-0.1, -0.05) is 26.0 Å². The quantitative estimate of drug-likeness (QED) is 0.620. The van der Waals surface area contributed by atoms with Crippen LogP contribution < -0.4 is 20.9 Å². The van der Waals surface area contributed by atoms with Gasteiger partial charge in [0.05, 0.1) is 23.8 Å². The summed E-state index contributed by atoms with van der Waals surface area (Å²) in [6.07, 6.45) is -0.421. The third-order valence-electron chi connectivity index (χ3n) is 5.83. The van der Waals surface area contributed by atoms with Crippen molar-refractivity contribution in [1.82, 2.24) is 5.32 Å². The first-order valence-electron chi connectivity index (χ1n) is 10.6. The number of nitrogens with zero attached hydrogens (tertiary/aromatic N) is 2. The number of ketones is 1. The summed E-state index contributed by atoms with van der Waals surface area (Å²) in [4.78, 5) is 55.2. The zero-order valence-corrected chi connectivity index (χ0v) is 19.3. The molecule has 1 aliphatic heterocycles. The van der Waals surface area contributed by atoms with Gasteiger partial charge in [0.15, 0.2) is 5.78 Å². The number of carbonyl (C=O) groups is 4. The third kappa shape index (κ3) is 4.41. The highest BCUT2D eigenvalue weighted by Crippen LogP contribution is 2.34. The van der Waals surface area contributed by atoms with Crippen LogP contribution in [0.4, 0.5) is 20.2 Å². The van der Waals surface area contributed by atoms with Crippen LogP contribution in [0.2, 0.25) is 0 Å². The fourth-order valence-electron chi connectivity index (χ4n) is 3.98. The fourth-order valence-corrected chi connectivity index (χ4v) is 3.98. The van der Waals surface area contributed by atoms with Crippen LogP contribution in [0.1, 0.15) is 19.4 Å². The van der Waals surface area contributed by atoms with Crippen molar-refractivity contribution in [3.8, 4) is 0 Å². The highest BCUT2D eigenvalue weighted by Gasteiger charge is 2.56. The van der Waals surface area contributed by atoms with Gasteiger partial charge >= 0.3 is 0 Å². The Morgan fingerprint density at radius 1 is 0.971 bits per heavy atom. The first-order valence-corrected chi connectivity index (χ1v) is 10.6. The van der Waals surface area contributed by atoms with Gasteiger partial charge in [-0.15, -0.1) is 0 Å². The molecule has 8 nitrogen and oxygen atoms in total. The van der Waals surface area contributed by atoms with Crippen LogP contribution in [0.15, 0.2) is 42.5 Å². The van der Waals surface area contributed by atoms with Gasteiger partial charge in [0.1, 0.15) is 11.6 Å². The van der Waals surface area contributed by atoms with Crippen molar-refractivity contribution in [3.05, 3.63) is 59.7 Å². The molecule has 180 valence electrons. The Morgan fingerprint density at radius 2 is 1.44 bits per heavy atom. The molecule has 0 spiro atoms. The number of hydrogen-bond acceptors (Lipinski definition) is 5. The molecule has 0 bridgehead atoms. The number of para-hydroxylation sites is 2. The van der Waals surface area contributed by atoms with Gasteiger partial charge in [-0.25, -0.2) is 8.78 Å². The molecule has 3 amide bonds. The number of rotatable bonds is 6. The van der Waals surface area contributed by atoms with E-state index in [2.05, 4.69) is 5.32 Å². The molecule has 0 aliphatic carbocycles. The lowest BCUT2D eigenvalue weighted by Gasteiger charge is -2.33. The molecule has 0 saturated heterocycles. The number of benzene rings is 2. The zero-order valence-electron chi connectivity index (χ0n) is 19.3. The largest absolute Gasteiger partial charge is 0.346 e. The number of nitrogens with two attached hydrogens (primary N) is 1. The van der Waals surface area contributed by atoms with E-state index >= 15 is 0 Å². The van der Waals surface area contributed by atoms with Crippen LogP contribution >= 0.6 is 0 Å². The Bertz CT molecular complexity index is 1110. The van der Waals surface area contributed by atoms with Crippen molar-refractivity contribution >= 4 is 34.9 Å². The van der Waals surface area contributed by atoms with E-state index in [1.165, 1.54) is 14.1 Å². The van der Waals surface area contributed by atoms with Crippen LogP contribution in [-0.2, 0) is 25.6 Å². The second-order valence-corrected chi connectivity index (χ2v) is 8.63. The molecule has 2 aromatic carbocycles. The van der Waals surface area contributed by atoms with Crippen molar-refractivity contribution in [3.63, 3.8) is 0 Å². The number of amides is 3. The molecule has 2 aromatic rings. The lowest BCUT2D eigenvalue weighted by atomic mass is 9.83. The first-order chi connectivity index (χ1) is 15.9. The zero-order chi connectivity index (χ0) is 25.4. The van der Waals surface area contributed by atoms with Crippen LogP contribution in [0.25, 0.3) is 0 Å². The van der Waals surface area contributed by atoms with Gasteiger partial charge < -0.3 is 20.9 Å². The lowest BCUT2D eigenvalue weighted by Crippen LogP contribution is -2.71. The molecule has 0 radical (unpaired) electrons. The topological polar surface area (TPSA) is 113 Å². The van der Waals surface area contributed by atoms with Crippen molar-refractivity contribution in [2.45, 2.75) is 31.8 Å². The maximum absolute atomic E-state index is 13.6.